The molecule has 1 aliphatic rings. The first-order chi connectivity index (χ1) is 11.1. The normalized spacial score (nSPS) is 17.7. The Kier molecular flexibility index (Phi) is 3.18. The van der Waals surface area contributed by atoms with E-state index in [4.69, 9.17) is 4.98 Å². The molecule has 0 bridgehead atoms. The number of nitrogens with zero attached hydrogens (tertiary/aromatic N) is 2. The summed E-state index contributed by atoms with van der Waals surface area (Å²) in [5.74, 6) is 0.111. The number of imidazole rings is 1. The lowest BCUT2D eigenvalue weighted by atomic mass is 9.89. The maximum absolute atomic E-state index is 12.2. The molecule has 4 nitrogen and oxygen atoms in total. The van der Waals surface area contributed by atoms with E-state index < -0.39 is 0 Å². The molecule has 0 radical (unpaired) electrons. The first-order valence-electron chi connectivity index (χ1n) is 7.93. The summed E-state index contributed by atoms with van der Waals surface area (Å²) in [6.45, 7) is 4.72. The summed E-state index contributed by atoms with van der Waals surface area (Å²) in [7, 11) is 0. The van der Waals surface area contributed by atoms with Crippen LogP contribution in [0.5, 0.6) is 0 Å². The molecule has 0 aliphatic carbocycles. The summed E-state index contributed by atoms with van der Waals surface area (Å²) in [4.78, 5) is 16.9. The van der Waals surface area contributed by atoms with E-state index in [1.54, 1.807) is 0 Å². The summed E-state index contributed by atoms with van der Waals surface area (Å²) in [6, 6.07) is 12.5. The van der Waals surface area contributed by atoms with Crippen molar-refractivity contribution in [1.82, 2.24) is 14.7 Å². The lowest BCUT2D eigenvalue weighted by molar-refractivity contribution is -0.121. The van der Waals surface area contributed by atoms with Gasteiger partial charge in [-0.3, -0.25) is 4.79 Å². The van der Waals surface area contributed by atoms with E-state index in [0.29, 0.717) is 13.0 Å². The van der Waals surface area contributed by atoms with E-state index in [9.17, 15) is 4.79 Å². The van der Waals surface area contributed by atoms with Crippen molar-refractivity contribution in [3.05, 3.63) is 70.7 Å². The zero-order chi connectivity index (χ0) is 16.0. The molecule has 3 aromatic rings. The monoisotopic (exact) mass is 305 g/mol. The lowest BCUT2D eigenvalue weighted by Crippen LogP contribution is -2.21. The minimum Gasteiger partial charge on any atom is -0.350 e. The quantitative estimate of drug-likeness (QED) is 0.751. The van der Waals surface area contributed by atoms with Crippen LogP contribution in [0.4, 0.5) is 0 Å². The Morgan fingerprint density at radius 2 is 2.04 bits per heavy atom. The number of pyridine rings is 1. The zero-order valence-electron chi connectivity index (χ0n) is 13.3. The van der Waals surface area contributed by atoms with Crippen LogP contribution in [0.2, 0.25) is 0 Å². The van der Waals surface area contributed by atoms with E-state index >= 15 is 0 Å². The van der Waals surface area contributed by atoms with Crippen molar-refractivity contribution in [2.75, 3.05) is 0 Å². The van der Waals surface area contributed by atoms with Crippen LogP contribution >= 0.6 is 0 Å². The Morgan fingerprint density at radius 3 is 2.87 bits per heavy atom. The molecule has 0 unspecified atom stereocenters. The second kappa shape index (κ2) is 5.23. The third-order valence-corrected chi connectivity index (χ3v) is 4.75. The van der Waals surface area contributed by atoms with Gasteiger partial charge in [-0.15, -0.1) is 0 Å². The fourth-order valence-corrected chi connectivity index (χ4v) is 3.36. The highest BCUT2D eigenvalue weighted by atomic mass is 16.1. The minimum atomic E-state index is 0.0317. The van der Waals surface area contributed by atoms with Crippen LogP contribution in [-0.2, 0) is 11.3 Å². The molecule has 23 heavy (non-hydrogen) atoms. The van der Waals surface area contributed by atoms with Crippen molar-refractivity contribution in [1.29, 1.82) is 0 Å². The van der Waals surface area contributed by atoms with Gasteiger partial charge in [-0.1, -0.05) is 24.3 Å². The third kappa shape index (κ3) is 2.31. The molecule has 0 spiro atoms. The third-order valence-electron chi connectivity index (χ3n) is 4.75. The van der Waals surface area contributed by atoms with Gasteiger partial charge in [0.15, 0.2) is 0 Å². The molecular formula is C19H19N3O. The number of carbonyl (C=O) groups is 1. The second-order valence-corrected chi connectivity index (χ2v) is 6.25. The van der Waals surface area contributed by atoms with Crippen LogP contribution in [0.3, 0.4) is 0 Å². The average molecular weight is 305 g/mol. The molecule has 0 fully saturated rings. The predicted octanol–water partition coefficient (Wildman–Crippen LogP) is 3.10. The van der Waals surface area contributed by atoms with Gasteiger partial charge in [0.25, 0.3) is 0 Å². The van der Waals surface area contributed by atoms with Crippen molar-refractivity contribution in [2.24, 2.45) is 0 Å². The Balaban J connectivity index is 1.94. The van der Waals surface area contributed by atoms with Gasteiger partial charge in [-0.05, 0) is 42.7 Å². The molecule has 1 aliphatic heterocycles. The van der Waals surface area contributed by atoms with E-state index in [-0.39, 0.29) is 11.8 Å². The number of fused-ring (bicyclic) bond motifs is 3. The molecular weight excluding hydrogens is 286 g/mol. The van der Waals surface area contributed by atoms with Gasteiger partial charge in [-0.2, -0.15) is 0 Å². The highest BCUT2D eigenvalue weighted by molar-refractivity contribution is 5.78. The number of hydrogen-bond acceptors (Lipinski definition) is 2. The van der Waals surface area contributed by atoms with Crippen LogP contribution in [0.1, 0.15) is 40.4 Å². The highest BCUT2D eigenvalue weighted by Gasteiger charge is 2.28. The number of aromatic nitrogens is 2. The summed E-state index contributed by atoms with van der Waals surface area (Å²) in [6.07, 6.45) is 2.49. The molecule has 2 aromatic heterocycles. The van der Waals surface area contributed by atoms with E-state index in [0.717, 1.165) is 17.0 Å². The fourth-order valence-electron chi connectivity index (χ4n) is 3.36. The summed E-state index contributed by atoms with van der Waals surface area (Å²) in [5.41, 5.74) is 6.72. The van der Waals surface area contributed by atoms with Crippen molar-refractivity contribution in [3.63, 3.8) is 0 Å². The van der Waals surface area contributed by atoms with Crippen molar-refractivity contribution < 1.29 is 4.79 Å². The number of nitrogens with one attached hydrogen (secondary N) is 1. The van der Waals surface area contributed by atoms with Gasteiger partial charge >= 0.3 is 0 Å². The van der Waals surface area contributed by atoms with Crippen LogP contribution in [0.25, 0.3) is 5.65 Å². The Bertz CT molecular complexity index is 910. The number of amides is 1. The van der Waals surface area contributed by atoms with Gasteiger partial charge in [-0.25, -0.2) is 4.98 Å². The highest BCUT2D eigenvalue weighted by Crippen LogP contribution is 2.33. The van der Waals surface area contributed by atoms with Crippen molar-refractivity contribution in [2.45, 2.75) is 32.7 Å². The Hall–Kier alpha value is -2.62. The predicted molar refractivity (Wildman–Crippen MR) is 89.4 cm³/mol. The topological polar surface area (TPSA) is 46.4 Å². The average Bonchev–Trinajstić information content (AvgIpc) is 2.83. The number of hydrogen-bond donors (Lipinski definition) is 1. The van der Waals surface area contributed by atoms with Crippen LogP contribution in [0, 0.1) is 13.8 Å². The summed E-state index contributed by atoms with van der Waals surface area (Å²) >= 11 is 0. The molecule has 4 heteroatoms. The first kappa shape index (κ1) is 14.0. The molecule has 1 atom stereocenters. The van der Waals surface area contributed by atoms with Crippen LogP contribution in [0.15, 0.2) is 42.6 Å². The largest absolute Gasteiger partial charge is 0.350 e. The number of rotatable bonds is 1. The lowest BCUT2D eigenvalue weighted by Gasteiger charge is -2.17. The molecule has 0 saturated heterocycles. The fraction of sp³-hybridized carbons (Fsp3) is 0.263. The molecule has 1 N–H and O–H groups in total. The Labute approximate surface area is 135 Å². The molecule has 0 saturated carbocycles. The number of carbonyl (C=O) groups excluding carboxylic acids is 1. The van der Waals surface area contributed by atoms with E-state index in [1.807, 2.05) is 24.4 Å². The molecule has 3 heterocycles. The number of aryl methyl sites for hydroxylation is 2. The number of benzene rings is 1. The van der Waals surface area contributed by atoms with E-state index in [1.165, 1.54) is 16.7 Å². The maximum Gasteiger partial charge on any atom is 0.221 e. The van der Waals surface area contributed by atoms with Gasteiger partial charge < -0.3 is 9.72 Å². The second-order valence-electron chi connectivity index (χ2n) is 6.25. The molecule has 116 valence electrons. The van der Waals surface area contributed by atoms with Gasteiger partial charge in [0.05, 0.1) is 17.9 Å². The summed E-state index contributed by atoms with van der Waals surface area (Å²) in [5, 5.41) is 2.97. The van der Waals surface area contributed by atoms with Gasteiger partial charge in [0.2, 0.25) is 5.91 Å². The Morgan fingerprint density at radius 1 is 1.17 bits per heavy atom. The first-order valence-corrected chi connectivity index (χ1v) is 7.93. The minimum absolute atomic E-state index is 0.0317. The molecule has 4 rings (SSSR count). The van der Waals surface area contributed by atoms with Gasteiger partial charge in [0, 0.05) is 18.5 Å². The SMILES string of the molecule is Cc1ccc([C@H]2CC(=O)NCc3nc4ccccn4c32)cc1C. The van der Waals surface area contributed by atoms with Gasteiger partial charge in [0.1, 0.15) is 5.65 Å². The zero-order valence-corrected chi connectivity index (χ0v) is 13.3. The smallest absolute Gasteiger partial charge is 0.221 e. The van der Waals surface area contributed by atoms with Crippen molar-refractivity contribution >= 4 is 11.6 Å². The molecule has 1 aromatic carbocycles. The van der Waals surface area contributed by atoms with Crippen LogP contribution in [-0.4, -0.2) is 15.3 Å². The van der Waals surface area contributed by atoms with Crippen LogP contribution < -0.4 is 5.32 Å². The standard InChI is InChI=1S/C19H19N3O/c1-12-6-7-14(9-13(12)2)15-10-18(23)20-11-16-19(15)22-8-4-3-5-17(22)21-16/h3-9,15H,10-11H2,1-2H3,(H,20,23)/t15-/m1/s1. The maximum atomic E-state index is 12.2. The molecule has 1 amide bonds. The van der Waals surface area contributed by atoms with Crippen molar-refractivity contribution in [3.8, 4) is 0 Å². The van der Waals surface area contributed by atoms with E-state index in [2.05, 4.69) is 41.8 Å². The summed E-state index contributed by atoms with van der Waals surface area (Å²) < 4.78 is 2.12.